The highest BCUT2D eigenvalue weighted by atomic mass is 16.1. The summed E-state index contributed by atoms with van der Waals surface area (Å²) in [5.41, 5.74) is 1.21. The smallest absolute Gasteiger partial charge is 0.155 e. The van der Waals surface area contributed by atoms with Crippen LogP contribution in [0.2, 0.25) is 0 Å². The average molecular weight is 192 g/mol. The molecule has 2 nitrogen and oxygen atoms in total. The Morgan fingerprint density at radius 2 is 2.29 bits per heavy atom. The van der Waals surface area contributed by atoms with E-state index >= 15 is 0 Å². The van der Waals surface area contributed by atoms with Gasteiger partial charge in [0.15, 0.2) is 5.78 Å². The minimum absolute atomic E-state index is 0.00604. The lowest BCUT2D eigenvalue weighted by atomic mass is 9.60. The quantitative estimate of drug-likeness (QED) is 0.597. The maximum Gasteiger partial charge on any atom is 0.155 e. The Morgan fingerprint density at radius 1 is 1.50 bits per heavy atom. The topological polar surface area (TPSA) is 34.1 Å². The molecule has 2 rings (SSSR count). The molecule has 2 aliphatic carbocycles. The van der Waals surface area contributed by atoms with Gasteiger partial charge in [-0.2, -0.15) is 0 Å². The van der Waals surface area contributed by atoms with E-state index < -0.39 is 0 Å². The van der Waals surface area contributed by atoms with Crippen molar-refractivity contribution in [1.29, 1.82) is 0 Å². The summed E-state index contributed by atoms with van der Waals surface area (Å²) >= 11 is 0. The number of carbonyl (C=O) groups excluding carboxylic acids is 2. The SMILES string of the molecule is CC12CCC(=O)C=C1CCCC2C=O. The van der Waals surface area contributed by atoms with Crippen molar-refractivity contribution < 1.29 is 9.59 Å². The highest BCUT2D eigenvalue weighted by molar-refractivity contribution is 5.91. The fourth-order valence-electron chi connectivity index (χ4n) is 2.81. The van der Waals surface area contributed by atoms with Gasteiger partial charge in [-0.1, -0.05) is 12.5 Å². The Morgan fingerprint density at radius 3 is 3.00 bits per heavy atom. The lowest BCUT2D eigenvalue weighted by Crippen LogP contribution is -2.37. The summed E-state index contributed by atoms with van der Waals surface area (Å²) in [6, 6.07) is 0. The lowest BCUT2D eigenvalue weighted by molar-refractivity contribution is -0.119. The summed E-state index contributed by atoms with van der Waals surface area (Å²) in [5, 5.41) is 0. The molecule has 2 unspecified atom stereocenters. The first-order chi connectivity index (χ1) is 6.66. The molecule has 0 amide bonds. The summed E-state index contributed by atoms with van der Waals surface area (Å²) in [5.74, 6) is 0.375. The Hall–Kier alpha value is -0.920. The van der Waals surface area contributed by atoms with Gasteiger partial charge in [0.1, 0.15) is 6.29 Å². The predicted octanol–water partition coefficient (Wildman–Crippen LogP) is 2.28. The highest BCUT2D eigenvalue weighted by Crippen LogP contribution is 2.49. The van der Waals surface area contributed by atoms with Crippen LogP contribution >= 0.6 is 0 Å². The first-order valence-corrected chi connectivity index (χ1v) is 5.36. The van der Waals surface area contributed by atoms with E-state index in [-0.39, 0.29) is 17.1 Å². The molecule has 1 saturated carbocycles. The summed E-state index contributed by atoms with van der Waals surface area (Å²) in [6.07, 6.45) is 7.41. The van der Waals surface area contributed by atoms with Gasteiger partial charge in [-0.3, -0.25) is 4.79 Å². The van der Waals surface area contributed by atoms with Crippen LogP contribution in [0.5, 0.6) is 0 Å². The average Bonchev–Trinajstić information content (AvgIpc) is 2.18. The van der Waals surface area contributed by atoms with Crippen molar-refractivity contribution in [2.45, 2.75) is 39.0 Å². The van der Waals surface area contributed by atoms with Crippen molar-refractivity contribution in [2.24, 2.45) is 11.3 Å². The molecule has 2 aliphatic rings. The molecule has 14 heavy (non-hydrogen) atoms. The second-order valence-corrected chi connectivity index (χ2v) is 4.69. The molecule has 1 fully saturated rings. The molecule has 0 aliphatic heterocycles. The maximum atomic E-state index is 11.3. The standard InChI is InChI=1S/C12H16O2/c1-12-6-5-11(14)7-9(12)3-2-4-10(12)8-13/h7-8,10H,2-6H2,1H3. The van der Waals surface area contributed by atoms with Gasteiger partial charge in [-0.15, -0.1) is 0 Å². The monoisotopic (exact) mass is 192 g/mol. The van der Waals surface area contributed by atoms with Crippen molar-refractivity contribution in [3.05, 3.63) is 11.6 Å². The van der Waals surface area contributed by atoms with Crippen LogP contribution in [0.4, 0.5) is 0 Å². The molecule has 0 spiro atoms. The van der Waals surface area contributed by atoms with Crippen LogP contribution < -0.4 is 0 Å². The van der Waals surface area contributed by atoms with Gasteiger partial charge >= 0.3 is 0 Å². The first kappa shape index (κ1) is 9.63. The van der Waals surface area contributed by atoms with E-state index in [9.17, 15) is 9.59 Å². The molecule has 0 heterocycles. The third kappa shape index (κ3) is 1.33. The largest absolute Gasteiger partial charge is 0.303 e. The molecule has 0 aromatic carbocycles. The molecular weight excluding hydrogens is 176 g/mol. The minimum atomic E-state index is -0.00604. The fourth-order valence-corrected chi connectivity index (χ4v) is 2.81. The van der Waals surface area contributed by atoms with E-state index in [1.165, 1.54) is 5.57 Å². The number of allylic oxidation sites excluding steroid dienone is 2. The van der Waals surface area contributed by atoms with Crippen molar-refractivity contribution >= 4 is 12.1 Å². The molecule has 0 aromatic heterocycles. The number of ketones is 1. The normalized spacial score (nSPS) is 37.4. The van der Waals surface area contributed by atoms with Gasteiger partial charge in [0.05, 0.1) is 0 Å². The number of rotatable bonds is 1. The summed E-state index contributed by atoms with van der Waals surface area (Å²) in [7, 11) is 0. The van der Waals surface area contributed by atoms with Gasteiger partial charge in [0.25, 0.3) is 0 Å². The summed E-state index contributed by atoms with van der Waals surface area (Å²) < 4.78 is 0. The van der Waals surface area contributed by atoms with Gasteiger partial charge in [-0.05, 0) is 37.2 Å². The Labute approximate surface area is 84.4 Å². The number of carbonyl (C=O) groups is 2. The fraction of sp³-hybridized carbons (Fsp3) is 0.667. The zero-order chi connectivity index (χ0) is 10.2. The Balaban J connectivity index is 2.36. The molecular formula is C12H16O2. The molecule has 2 atom stereocenters. The van der Waals surface area contributed by atoms with E-state index in [4.69, 9.17) is 0 Å². The second kappa shape index (κ2) is 3.34. The predicted molar refractivity (Wildman–Crippen MR) is 53.8 cm³/mol. The van der Waals surface area contributed by atoms with Gasteiger partial charge in [-0.25, -0.2) is 0 Å². The third-order valence-electron chi connectivity index (χ3n) is 3.90. The highest BCUT2D eigenvalue weighted by Gasteiger charge is 2.42. The van der Waals surface area contributed by atoms with Gasteiger partial charge in [0.2, 0.25) is 0 Å². The number of hydrogen-bond acceptors (Lipinski definition) is 2. The Kier molecular flexibility index (Phi) is 2.30. The summed E-state index contributed by atoms with van der Waals surface area (Å²) in [6.45, 7) is 2.14. The maximum absolute atomic E-state index is 11.3. The van der Waals surface area contributed by atoms with Crippen LogP contribution in [0.3, 0.4) is 0 Å². The molecule has 0 N–H and O–H groups in total. The molecule has 0 aromatic rings. The second-order valence-electron chi connectivity index (χ2n) is 4.69. The van der Waals surface area contributed by atoms with Gasteiger partial charge < -0.3 is 4.79 Å². The number of hydrogen-bond donors (Lipinski definition) is 0. The zero-order valence-corrected chi connectivity index (χ0v) is 8.58. The van der Waals surface area contributed by atoms with Crippen LogP contribution in [0.25, 0.3) is 0 Å². The Bertz CT molecular complexity index is 303. The van der Waals surface area contributed by atoms with Crippen LogP contribution in [-0.4, -0.2) is 12.1 Å². The molecule has 2 heteroatoms. The van der Waals surface area contributed by atoms with E-state index in [0.717, 1.165) is 32.0 Å². The third-order valence-corrected chi connectivity index (χ3v) is 3.90. The number of fused-ring (bicyclic) bond motifs is 1. The van der Waals surface area contributed by atoms with E-state index in [1.807, 2.05) is 0 Å². The van der Waals surface area contributed by atoms with Crippen molar-refractivity contribution in [3.63, 3.8) is 0 Å². The number of aldehydes is 1. The van der Waals surface area contributed by atoms with E-state index in [2.05, 4.69) is 6.92 Å². The van der Waals surface area contributed by atoms with Crippen molar-refractivity contribution in [2.75, 3.05) is 0 Å². The first-order valence-electron chi connectivity index (χ1n) is 5.36. The molecule has 0 bridgehead atoms. The van der Waals surface area contributed by atoms with E-state index in [0.29, 0.717) is 6.42 Å². The van der Waals surface area contributed by atoms with Crippen molar-refractivity contribution in [1.82, 2.24) is 0 Å². The molecule has 76 valence electrons. The van der Waals surface area contributed by atoms with Crippen LogP contribution in [0.1, 0.15) is 39.0 Å². The van der Waals surface area contributed by atoms with E-state index in [1.54, 1.807) is 6.08 Å². The van der Waals surface area contributed by atoms with Crippen LogP contribution in [0, 0.1) is 11.3 Å². The van der Waals surface area contributed by atoms with Crippen LogP contribution in [-0.2, 0) is 9.59 Å². The molecule has 0 radical (unpaired) electrons. The minimum Gasteiger partial charge on any atom is -0.303 e. The summed E-state index contributed by atoms with van der Waals surface area (Å²) in [4.78, 5) is 22.3. The van der Waals surface area contributed by atoms with Crippen LogP contribution in [0.15, 0.2) is 11.6 Å². The zero-order valence-electron chi connectivity index (χ0n) is 8.58. The molecule has 0 saturated heterocycles. The van der Waals surface area contributed by atoms with Gasteiger partial charge in [0, 0.05) is 12.3 Å². The lowest BCUT2D eigenvalue weighted by Gasteiger charge is -2.43. The van der Waals surface area contributed by atoms with Crippen molar-refractivity contribution in [3.8, 4) is 0 Å².